The van der Waals surface area contributed by atoms with Crippen LogP contribution in [0.25, 0.3) is 43.6 Å². The predicted molar refractivity (Wildman–Crippen MR) is 133 cm³/mol. The minimum Gasteiger partial charge on any atom is -0.322 e. The summed E-state index contributed by atoms with van der Waals surface area (Å²) in [4.78, 5) is 0. The fourth-order valence-corrected chi connectivity index (χ4v) is 5.09. The molecule has 6 rings (SSSR count). The first-order chi connectivity index (χ1) is 15.3. The standard InChI is InChI=1S/C29H26N2/c1-3-20-13-15-28-24(17-20)22-9-5-7-11-26(22)30(28)19-31-27-12-8-6-10-23(27)25-18-21(4-2)14-16-29(25)31/h5-18H,3-4,19H2,1-2H3. The first-order valence-corrected chi connectivity index (χ1v) is 11.3. The molecule has 2 aromatic heterocycles. The molecule has 0 bridgehead atoms. The largest absolute Gasteiger partial charge is 0.322 e. The number of nitrogens with zero attached hydrogens (tertiary/aromatic N) is 2. The molecule has 0 saturated heterocycles. The van der Waals surface area contributed by atoms with E-state index in [1.807, 2.05) is 0 Å². The molecular weight excluding hydrogens is 376 g/mol. The maximum atomic E-state index is 2.48. The van der Waals surface area contributed by atoms with Gasteiger partial charge in [-0.3, -0.25) is 0 Å². The van der Waals surface area contributed by atoms with Gasteiger partial charge in [-0.25, -0.2) is 0 Å². The zero-order chi connectivity index (χ0) is 20.9. The normalized spacial score (nSPS) is 11.9. The molecule has 0 spiro atoms. The van der Waals surface area contributed by atoms with E-state index in [2.05, 4.69) is 108 Å². The summed E-state index contributed by atoms with van der Waals surface area (Å²) in [7, 11) is 0. The molecule has 2 heterocycles. The Kier molecular flexibility index (Phi) is 4.14. The summed E-state index contributed by atoms with van der Waals surface area (Å²) in [5, 5.41) is 5.37. The fraction of sp³-hybridized carbons (Fsp3) is 0.172. The SMILES string of the molecule is CCc1ccc2c(c1)c1ccccc1n2Cn1c2ccccc2c2cc(CC)ccc21. The molecule has 4 aromatic carbocycles. The third kappa shape index (κ3) is 2.71. The molecule has 0 unspecified atom stereocenters. The van der Waals surface area contributed by atoms with E-state index in [1.54, 1.807) is 0 Å². The van der Waals surface area contributed by atoms with Crippen LogP contribution in [-0.4, -0.2) is 9.13 Å². The Morgan fingerprint density at radius 3 is 1.35 bits per heavy atom. The molecule has 152 valence electrons. The van der Waals surface area contributed by atoms with Crippen molar-refractivity contribution in [1.82, 2.24) is 9.13 Å². The summed E-state index contributed by atoms with van der Waals surface area (Å²) < 4.78 is 4.95. The lowest BCUT2D eigenvalue weighted by atomic mass is 10.1. The minimum atomic E-state index is 0.797. The van der Waals surface area contributed by atoms with E-state index < -0.39 is 0 Å². The van der Waals surface area contributed by atoms with Gasteiger partial charge < -0.3 is 9.13 Å². The second-order valence-corrected chi connectivity index (χ2v) is 8.44. The van der Waals surface area contributed by atoms with E-state index in [-0.39, 0.29) is 0 Å². The van der Waals surface area contributed by atoms with E-state index in [9.17, 15) is 0 Å². The second-order valence-electron chi connectivity index (χ2n) is 8.44. The molecule has 0 aliphatic heterocycles. The van der Waals surface area contributed by atoms with E-state index in [0.29, 0.717) is 0 Å². The monoisotopic (exact) mass is 402 g/mol. The highest BCUT2D eigenvalue weighted by Gasteiger charge is 2.15. The Morgan fingerprint density at radius 2 is 0.903 bits per heavy atom. The van der Waals surface area contributed by atoms with Crippen molar-refractivity contribution in [3.63, 3.8) is 0 Å². The molecule has 31 heavy (non-hydrogen) atoms. The van der Waals surface area contributed by atoms with Gasteiger partial charge in [0.05, 0.1) is 22.1 Å². The van der Waals surface area contributed by atoms with Crippen molar-refractivity contribution in [3.8, 4) is 0 Å². The summed E-state index contributed by atoms with van der Waals surface area (Å²) in [5.41, 5.74) is 7.96. The number of hydrogen-bond acceptors (Lipinski definition) is 0. The summed E-state index contributed by atoms with van der Waals surface area (Å²) >= 11 is 0. The number of aromatic nitrogens is 2. The van der Waals surface area contributed by atoms with Gasteiger partial charge in [0.15, 0.2) is 0 Å². The maximum Gasteiger partial charge on any atom is 0.100 e. The Bertz CT molecular complexity index is 1460. The van der Waals surface area contributed by atoms with Crippen molar-refractivity contribution in [2.45, 2.75) is 33.4 Å². The van der Waals surface area contributed by atoms with E-state index in [4.69, 9.17) is 0 Å². The van der Waals surface area contributed by atoms with Crippen LogP contribution in [0.5, 0.6) is 0 Å². The van der Waals surface area contributed by atoms with Crippen molar-refractivity contribution in [1.29, 1.82) is 0 Å². The number of hydrogen-bond donors (Lipinski definition) is 0. The summed E-state index contributed by atoms with van der Waals surface area (Å²) in [6, 6.07) is 31.5. The van der Waals surface area contributed by atoms with Crippen LogP contribution in [0.3, 0.4) is 0 Å². The van der Waals surface area contributed by atoms with Gasteiger partial charge in [0.1, 0.15) is 6.67 Å². The van der Waals surface area contributed by atoms with Crippen molar-refractivity contribution >= 4 is 43.6 Å². The summed E-state index contributed by atoms with van der Waals surface area (Å²) in [5.74, 6) is 0. The van der Waals surface area contributed by atoms with Crippen LogP contribution in [0.1, 0.15) is 25.0 Å². The van der Waals surface area contributed by atoms with Crippen LogP contribution in [0, 0.1) is 0 Å². The summed E-state index contributed by atoms with van der Waals surface area (Å²) in [6.07, 6.45) is 2.12. The van der Waals surface area contributed by atoms with Gasteiger partial charge in [0, 0.05) is 21.5 Å². The first kappa shape index (κ1) is 18.3. The van der Waals surface area contributed by atoms with Crippen LogP contribution < -0.4 is 0 Å². The molecule has 0 N–H and O–H groups in total. The Labute approximate surface area is 182 Å². The fourth-order valence-electron chi connectivity index (χ4n) is 5.09. The third-order valence-corrected chi connectivity index (χ3v) is 6.77. The first-order valence-electron chi connectivity index (χ1n) is 11.3. The van der Waals surface area contributed by atoms with Gasteiger partial charge in [-0.2, -0.15) is 0 Å². The quantitative estimate of drug-likeness (QED) is 0.288. The minimum absolute atomic E-state index is 0.797. The number of benzene rings is 4. The van der Waals surface area contributed by atoms with Gasteiger partial charge in [-0.1, -0.05) is 62.4 Å². The van der Waals surface area contributed by atoms with E-state index in [0.717, 1.165) is 19.5 Å². The average molecular weight is 403 g/mol. The zero-order valence-electron chi connectivity index (χ0n) is 18.1. The van der Waals surface area contributed by atoms with Crippen LogP contribution in [0.4, 0.5) is 0 Å². The molecular formula is C29H26N2. The smallest absolute Gasteiger partial charge is 0.100 e. The predicted octanol–water partition coefficient (Wildman–Crippen LogP) is 7.53. The van der Waals surface area contributed by atoms with Gasteiger partial charge >= 0.3 is 0 Å². The van der Waals surface area contributed by atoms with Crippen LogP contribution in [-0.2, 0) is 19.5 Å². The molecule has 0 atom stereocenters. The van der Waals surface area contributed by atoms with E-state index in [1.165, 1.54) is 54.7 Å². The molecule has 0 radical (unpaired) electrons. The van der Waals surface area contributed by atoms with Crippen LogP contribution in [0.2, 0.25) is 0 Å². The van der Waals surface area contributed by atoms with Gasteiger partial charge in [0.25, 0.3) is 0 Å². The van der Waals surface area contributed by atoms with Crippen LogP contribution >= 0.6 is 0 Å². The average Bonchev–Trinajstić information content (AvgIpc) is 3.32. The number of rotatable bonds is 4. The maximum absolute atomic E-state index is 2.48. The molecule has 0 aliphatic carbocycles. The van der Waals surface area contributed by atoms with Gasteiger partial charge in [-0.15, -0.1) is 0 Å². The van der Waals surface area contributed by atoms with E-state index >= 15 is 0 Å². The second kappa shape index (κ2) is 7.02. The van der Waals surface area contributed by atoms with Crippen LogP contribution in [0.15, 0.2) is 84.9 Å². The molecule has 0 aliphatic rings. The molecule has 2 nitrogen and oxygen atoms in total. The molecule has 0 saturated carbocycles. The van der Waals surface area contributed by atoms with Crippen molar-refractivity contribution in [3.05, 3.63) is 96.1 Å². The van der Waals surface area contributed by atoms with Gasteiger partial charge in [0.2, 0.25) is 0 Å². The lowest BCUT2D eigenvalue weighted by Crippen LogP contribution is -2.07. The van der Waals surface area contributed by atoms with Crippen molar-refractivity contribution < 1.29 is 0 Å². The third-order valence-electron chi connectivity index (χ3n) is 6.77. The highest BCUT2D eigenvalue weighted by molar-refractivity contribution is 6.10. The summed E-state index contributed by atoms with van der Waals surface area (Å²) in [6.45, 7) is 5.25. The molecule has 0 fully saturated rings. The number of para-hydroxylation sites is 2. The van der Waals surface area contributed by atoms with Crippen molar-refractivity contribution in [2.24, 2.45) is 0 Å². The lowest BCUT2D eigenvalue weighted by Gasteiger charge is -2.12. The number of aryl methyl sites for hydroxylation is 2. The van der Waals surface area contributed by atoms with Crippen molar-refractivity contribution in [2.75, 3.05) is 0 Å². The highest BCUT2D eigenvalue weighted by atomic mass is 15.2. The molecule has 6 aromatic rings. The van der Waals surface area contributed by atoms with Gasteiger partial charge in [-0.05, 0) is 60.4 Å². The topological polar surface area (TPSA) is 9.86 Å². The highest BCUT2D eigenvalue weighted by Crippen LogP contribution is 2.33. The molecule has 0 amide bonds. The lowest BCUT2D eigenvalue weighted by molar-refractivity contribution is 0.682. The number of fused-ring (bicyclic) bond motifs is 6. The Morgan fingerprint density at radius 1 is 0.484 bits per heavy atom. The Balaban J connectivity index is 1.65. The zero-order valence-corrected chi connectivity index (χ0v) is 18.1. The Hall–Kier alpha value is -3.52. The molecule has 2 heteroatoms.